The fraction of sp³-hybridized carbons (Fsp3) is 0.300. The SMILES string of the molecule is COCc1cccc(C(=O)Nc2cccc(N3CCCCC3=O)c2)c1. The Hall–Kier alpha value is -2.66. The highest BCUT2D eigenvalue weighted by Crippen LogP contribution is 2.24. The Bertz CT molecular complexity index is 773. The van der Waals surface area contributed by atoms with Crippen molar-refractivity contribution < 1.29 is 14.3 Å². The molecular formula is C20H22N2O3. The summed E-state index contributed by atoms with van der Waals surface area (Å²) in [6.45, 7) is 1.20. The van der Waals surface area contributed by atoms with Gasteiger partial charge in [-0.2, -0.15) is 0 Å². The molecule has 0 spiro atoms. The first-order valence-electron chi connectivity index (χ1n) is 8.47. The molecule has 0 bridgehead atoms. The minimum Gasteiger partial charge on any atom is -0.380 e. The summed E-state index contributed by atoms with van der Waals surface area (Å²) in [4.78, 5) is 26.4. The van der Waals surface area contributed by atoms with Gasteiger partial charge in [0, 0.05) is 37.0 Å². The lowest BCUT2D eigenvalue weighted by atomic mass is 10.1. The topological polar surface area (TPSA) is 58.6 Å². The summed E-state index contributed by atoms with van der Waals surface area (Å²) in [6.07, 6.45) is 2.54. The van der Waals surface area contributed by atoms with Crippen LogP contribution < -0.4 is 10.2 Å². The van der Waals surface area contributed by atoms with E-state index >= 15 is 0 Å². The molecule has 0 unspecified atom stereocenters. The first-order valence-corrected chi connectivity index (χ1v) is 8.47. The molecule has 1 aliphatic heterocycles. The third kappa shape index (κ3) is 4.25. The third-order valence-corrected chi connectivity index (χ3v) is 4.24. The van der Waals surface area contributed by atoms with Crippen LogP contribution in [-0.4, -0.2) is 25.5 Å². The van der Waals surface area contributed by atoms with Crippen LogP contribution in [0.4, 0.5) is 11.4 Å². The van der Waals surface area contributed by atoms with Gasteiger partial charge in [0.15, 0.2) is 0 Å². The van der Waals surface area contributed by atoms with E-state index in [4.69, 9.17) is 4.74 Å². The van der Waals surface area contributed by atoms with Gasteiger partial charge in [-0.15, -0.1) is 0 Å². The van der Waals surface area contributed by atoms with E-state index in [9.17, 15) is 9.59 Å². The minimum absolute atomic E-state index is 0.141. The van der Waals surface area contributed by atoms with Crippen LogP contribution in [0.2, 0.25) is 0 Å². The highest BCUT2D eigenvalue weighted by molar-refractivity contribution is 6.05. The molecule has 5 nitrogen and oxygen atoms in total. The van der Waals surface area contributed by atoms with E-state index in [1.165, 1.54) is 0 Å². The highest BCUT2D eigenvalue weighted by Gasteiger charge is 2.19. The van der Waals surface area contributed by atoms with E-state index < -0.39 is 0 Å². The van der Waals surface area contributed by atoms with Gasteiger partial charge < -0.3 is 15.0 Å². The van der Waals surface area contributed by atoms with Crippen molar-refractivity contribution in [3.8, 4) is 0 Å². The van der Waals surface area contributed by atoms with Crippen LogP contribution in [0.5, 0.6) is 0 Å². The van der Waals surface area contributed by atoms with E-state index in [0.29, 0.717) is 24.3 Å². The van der Waals surface area contributed by atoms with Crippen LogP contribution >= 0.6 is 0 Å². The summed E-state index contributed by atoms with van der Waals surface area (Å²) in [7, 11) is 1.63. The second kappa shape index (κ2) is 7.94. The molecule has 25 heavy (non-hydrogen) atoms. The summed E-state index contributed by atoms with van der Waals surface area (Å²) in [5.41, 5.74) is 3.03. The summed E-state index contributed by atoms with van der Waals surface area (Å²) in [6, 6.07) is 14.8. The molecule has 1 fully saturated rings. The van der Waals surface area contributed by atoms with E-state index in [0.717, 1.165) is 30.6 Å². The minimum atomic E-state index is -0.180. The molecule has 0 aliphatic carbocycles. The Morgan fingerprint density at radius 2 is 2.00 bits per heavy atom. The van der Waals surface area contributed by atoms with E-state index in [-0.39, 0.29) is 11.8 Å². The quantitative estimate of drug-likeness (QED) is 0.906. The van der Waals surface area contributed by atoms with Crippen molar-refractivity contribution in [3.63, 3.8) is 0 Å². The van der Waals surface area contributed by atoms with Crippen molar-refractivity contribution in [1.29, 1.82) is 0 Å². The normalized spacial score (nSPS) is 14.4. The molecule has 0 saturated carbocycles. The highest BCUT2D eigenvalue weighted by atomic mass is 16.5. The van der Waals surface area contributed by atoms with Gasteiger partial charge in [-0.1, -0.05) is 18.2 Å². The van der Waals surface area contributed by atoms with Crippen molar-refractivity contribution in [2.45, 2.75) is 25.9 Å². The summed E-state index contributed by atoms with van der Waals surface area (Å²) >= 11 is 0. The summed E-state index contributed by atoms with van der Waals surface area (Å²) in [5, 5.41) is 2.90. The van der Waals surface area contributed by atoms with Crippen molar-refractivity contribution in [1.82, 2.24) is 0 Å². The molecule has 1 N–H and O–H groups in total. The first-order chi connectivity index (χ1) is 12.2. The number of hydrogen-bond acceptors (Lipinski definition) is 3. The summed E-state index contributed by atoms with van der Waals surface area (Å²) < 4.78 is 5.10. The largest absolute Gasteiger partial charge is 0.380 e. The smallest absolute Gasteiger partial charge is 0.255 e. The van der Waals surface area contributed by atoms with Crippen molar-refractivity contribution in [3.05, 3.63) is 59.7 Å². The number of carbonyl (C=O) groups is 2. The Kier molecular flexibility index (Phi) is 5.46. The Balaban J connectivity index is 1.74. The fourth-order valence-electron chi connectivity index (χ4n) is 3.00. The van der Waals surface area contributed by atoms with E-state index in [2.05, 4.69) is 5.32 Å². The van der Waals surface area contributed by atoms with Gasteiger partial charge in [-0.25, -0.2) is 0 Å². The zero-order chi connectivity index (χ0) is 17.6. The van der Waals surface area contributed by atoms with Crippen LogP contribution in [0.25, 0.3) is 0 Å². The average Bonchev–Trinajstić information content (AvgIpc) is 2.63. The molecule has 0 aromatic heterocycles. The number of benzene rings is 2. The van der Waals surface area contributed by atoms with Gasteiger partial charge in [0.05, 0.1) is 6.61 Å². The number of amides is 2. The lowest BCUT2D eigenvalue weighted by Crippen LogP contribution is -2.35. The van der Waals surface area contributed by atoms with Gasteiger partial charge in [0.25, 0.3) is 5.91 Å². The first kappa shape index (κ1) is 17.2. The van der Waals surface area contributed by atoms with Crippen LogP contribution in [0, 0.1) is 0 Å². The van der Waals surface area contributed by atoms with Crippen LogP contribution in [0.15, 0.2) is 48.5 Å². The zero-order valence-corrected chi connectivity index (χ0v) is 14.3. The number of carbonyl (C=O) groups excluding carboxylic acids is 2. The third-order valence-electron chi connectivity index (χ3n) is 4.24. The predicted molar refractivity (Wildman–Crippen MR) is 97.8 cm³/mol. The number of rotatable bonds is 5. The van der Waals surface area contributed by atoms with Crippen LogP contribution in [-0.2, 0) is 16.1 Å². The number of anilines is 2. The predicted octanol–water partition coefficient (Wildman–Crippen LogP) is 3.60. The van der Waals surface area contributed by atoms with E-state index in [1.807, 2.05) is 42.5 Å². The van der Waals surface area contributed by atoms with Gasteiger partial charge >= 0.3 is 0 Å². The molecule has 0 atom stereocenters. The summed E-state index contributed by atoms with van der Waals surface area (Å²) in [5.74, 6) is -0.0398. The molecule has 2 aromatic carbocycles. The van der Waals surface area contributed by atoms with Crippen molar-refractivity contribution in [2.75, 3.05) is 23.9 Å². The number of nitrogens with zero attached hydrogens (tertiary/aromatic N) is 1. The lowest BCUT2D eigenvalue weighted by molar-refractivity contribution is -0.119. The lowest BCUT2D eigenvalue weighted by Gasteiger charge is -2.27. The monoisotopic (exact) mass is 338 g/mol. The molecule has 1 aliphatic rings. The number of methoxy groups -OCH3 is 1. The molecule has 3 rings (SSSR count). The van der Waals surface area contributed by atoms with Gasteiger partial charge in [-0.05, 0) is 48.7 Å². The Morgan fingerprint density at radius 1 is 1.16 bits per heavy atom. The molecule has 1 heterocycles. The van der Waals surface area contributed by atoms with Gasteiger partial charge in [0.2, 0.25) is 5.91 Å². The standard InChI is InChI=1S/C20H22N2O3/c1-25-14-15-6-4-7-16(12-15)20(24)21-17-8-5-9-18(13-17)22-11-3-2-10-19(22)23/h4-9,12-13H,2-3,10-11,14H2,1H3,(H,21,24). The van der Waals surface area contributed by atoms with Crippen molar-refractivity contribution >= 4 is 23.2 Å². The maximum absolute atomic E-state index is 12.5. The molecule has 2 amide bonds. The van der Waals surface area contributed by atoms with Crippen LogP contribution in [0.3, 0.4) is 0 Å². The maximum atomic E-state index is 12.5. The zero-order valence-electron chi connectivity index (χ0n) is 14.3. The Labute approximate surface area is 147 Å². The average molecular weight is 338 g/mol. The second-order valence-corrected chi connectivity index (χ2v) is 6.14. The maximum Gasteiger partial charge on any atom is 0.255 e. The Morgan fingerprint density at radius 3 is 2.80 bits per heavy atom. The van der Waals surface area contributed by atoms with Gasteiger partial charge in [0.1, 0.15) is 0 Å². The molecule has 5 heteroatoms. The molecule has 0 radical (unpaired) electrons. The molecule has 2 aromatic rings. The number of hydrogen-bond donors (Lipinski definition) is 1. The number of ether oxygens (including phenoxy) is 1. The van der Waals surface area contributed by atoms with Crippen LogP contribution in [0.1, 0.15) is 35.2 Å². The fourth-order valence-corrected chi connectivity index (χ4v) is 3.00. The van der Waals surface area contributed by atoms with E-state index in [1.54, 1.807) is 18.1 Å². The van der Waals surface area contributed by atoms with Crippen molar-refractivity contribution in [2.24, 2.45) is 0 Å². The molecule has 130 valence electrons. The molecular weight excluding hydrogens is 316 g/mol. The van der Waals surface area contributed by atoms with Gasteiger partial charge in [-0.3, -0.25) is 9.59 Å². The second-order valence-electron chi connectivity index (χ2n) is 6.14. The number of piperidine rings is 1. The number of nitrogens with one attached hydrogen (secondary N) is 1. The molecule has 1 saturated heterocycles.